The van der Waals surface area contributed by atoms with Gasteiger partial charge >= 0.3 is 6.16 Å². The summed E-state index contributed by atoms with van der Waals surface area (Å²) in [4.78, 5) is 21.1. The summed E-state index contributed by atoms with van der Waals surface area (Å²) in [6.45, 7) is 6.17. The SMILES string of the molecule is CC(C)(C)OC(=O)ON1CCC(c2nc(COc3c(F)cc(S(C)(=O)=O)cc3F)cs2)CC1. The molecule has 1 aromatic carbocycles. The summed E-state index contributed by atoms with van der Waals surface area (Å²) in [6.07, 6.45) is 1.56. The molecule has 2 heterocycles. The minimum absolute atomic E-state index is 0.157. The largest absolute Gasteiger partial charge is 0.528 e. The van der Waals surface area contributed by atoms with Gasteiger partial charge in [-0.2, -0.15) is 0 Å². The van der Waals surface area contributed by atoms with E-state index in [1.165, 1.54) is 11.3 Å². The van der Waals surface area contributed by atoms with Gasteiger partial charge in [0.15, 0.2) is 27.2 Å². The first-order chi connectivity index (χ1) is 15.3. The zero-order valence-corrected chi connectivity index (χ0v) is 20.4. The second-order valence-electron chi connectivity index (χ2n) is 8.71. The Bertz CT molecular complexity index is 1080. The molecule has 0 saturated carbocycles. The highest BCUT2D eigenvalue weighted by molar-refractivity contribution is 7.90. The van der Waals surface area contributed by atoms with Gasteiger partial charge in [0.05, 0.1) is 15.6 Å². The van der Waals surface area contributed by atoms with E-state index in [-0.39, 0.29) is 12.5 Å². The van der Waals surface area contributed by atoms with Crippen molar-refractivity contribution in [3.8, 4) is 5.75 Å². The Morgan fingerprint density at radius 3 is 2.36 bits per heavy atom. The van der Waals surface area contributed by atoms with E-state index >= 15 is 0 Å². The molecule has 182 valence electrons. The van der Waals surface area contributed by atoms with E-state index in [2.05, 4.69) is 4.98 Å². The summed E-state index contributed by atoms with van der Waals surface area (Å²) < 4.78 is 61.7. The number of aromatic nitrogens is 1. The minimum Gasteiger partial charge on any atom is -0.481 e. The third kappa shape index (κ3) is 7.08. The van der Waals surface area contributed by atoms with Gasteiger partial charge in [-0.15, -0.1) is 16.4 Å². The maximum atomic E-state index is 14.2. The quantitative estimate of drug-likeness (QED) is 0.533. The van der Waals surface area contributed by atoms with Gasteiger partial charge in [-0.3, -0.25) is 0 Å². The summed E-state index contributed by atoms with van der Waals surface area (Å²) in [5.74, 6) is -2.68. The van der Waals surface area contributed by atoms with Crippen LogP contribution < -0.4 is 4.74 Å². The molecule has 0 atom stereocenters. The molecule has 0 N–H and O–H groups in total. The number of hydrogen-bond acceptors (Lipinski definition) is 9. The van der Waals surface area contributed by atoms with Crippen LogP contribution in [0.4, 0.5) is 13.6 Å². The first-order valence-electron chi connectivity index (χ1n) is 10.2. The number of halogens is 2. The summed E-state index contributed by atoms with van der Waals surface area (Å²) in [5.41, 5.74) is -0.121. The van der Waals surface area contributed by atoms with Gasteiger partial charge in [-0.1, -0.05) is 0 Å². The molecule has 2 aromatic rings. The van der Waals surface area contributed by atoms with Crippen molar-refractivity contribution in [1.82, 2.24) is 10.0 Å². The zero-order valence-electron chi connectivity index (χ0n) is 18.8. The Labute approximate surface area is 195 Å². The van der Waals surface area contributed by atoms with Gasteiger partial charge in [0, 0.05) is 30.6 Å². The van der Waals surface area contributed by atoms with Crippen LogP contribution in [0.5, 0.6) is 5.75 Å². The molecule has 1 aromatic heterocycles. The van der Waals surface area contributed by atoms with E-state index in [1.807, 2.05) is 0 Å². The molecule has 3 rings (SSSR count). The number of benzene rings is 1. The predicted octanol–water partition coefficient (Wildman–Crippen LogP) is 4.45. The number of ether oxygens (including phenoxy) is 2. The topological polar surface area (TPSA) is 95.0 Å². The molecule has 1 aliphatic heterocycles. The summed E-state index contributed by atoms with van der Waals surface area (Å²) in [6, 6.07) is 1.46. The lowest BCUT2D eigenvalue weighted by molar-refractivity contribution is -0.152. The fourth-order valence-electron chi connectivity index (χ4n) is 3.18. The van der Waals surface area contributed by atoms with Crippen LogP contribution in [-0.4, -0.2) is 49.6 Å². The van der Waals surface area contributed by atoms with Crippen LogP contribution in [-0.2, 0) is 26.0 Å². The lowest BCUT2D eigenvalue weighted by atomic mass is 9.99. The Morgan fingerprint density at radius 2 is 1.82 bits per heavy atom. The molecule has 0 spiro atoms. The monoisotopic (exact) mass is 504 g/mol. The standard InChI is InChI=1S/C21H26F2N2O6S2/c1-21(2,3)30-20(26)31-25-7-5-13(6-8-25)19-24-14(12-32-19)11-29-18-16(22)9-15(10-17(18)23)33(4,27)28/h9-10,12-13H,5-8,11H2,1-4H3. The molecule has 33 heavy (non-hydrogen) atoms. The van der Waals surface area contributed by atoms with Gasteiger partial charge in [0.25, 0.3) is 0 Å². The first-order valence-corrected chi connectivity index (χ1v) is 13.0. The van der Waals surface area contributed by atoms with Gasteiger partial charge in [-0.05, 0) is 45.7 Å². The van der Waals surface area contributed by atoms with Crippen LogP contribution in [0.15, 0.2) is 22.4 Å². The molecule has 0 aliphatic carbocycles. The van der Waals surface area contributed by atoms with Crippen LogP contribution in [0.25, 0.3) is 0 Å². The van der Waals surface area contributed by atoms with E-state index in [0.717, 1.165) is 23.4 Å². The lowest BCUT2D eigenvalue weighted by Crippen LogP contribution is -2.37. The van der Waals surface area contributed by atoms with Gasteiger partial charge in [0.1, 0.15) is 12.2 Å². The highest BCUT2D eigenvalue weighted by Crippen LogP contribution is 2.31. The number of sulfone groups is 1. The van der Waals surface area contributed by atoms with Crippen molar-refractivity contribution in [2.75, 3.05) is 19.3 Å². The lowest BCUT2D eigenvalue weighted by Gasteiger charge is -2.30. The van der Waals surface area contributed by atoms with Gasteiger partial charge in [-0.25, -0.2) is 27.0 Å². The molecule has 0 amide bonds. The number of thiazole rings is 1. The van der Waals surface area contributed by atoms with Crippen LogP contribution >= 0.6 is 11.3 Å². The maximum absolute atomic E-state index is 14.2. The molecule has 1 saturated heterocycles. The summed E-state index contributed by atoms with van der Waals surface area (Å²) >= 11 is 1.42. The molecule has 0 unspecified atom stereocenters. The highest BCUT2D eigenvalue weighted by Gasteiger charge is 2.27. The zero-order chi connectivity index (χ0) is 24.4. The van der Waals surface area contributed by atoms with Crippen LogP contribution in [0.3, 0.4) is 0 Å². The second kappa shape index (κ2) is 9.90. The number of nitrogens with zero attached hydrogens (tertiary/aromatic N) is 2. The average molecular weight is 505 g/mol. The molecule has 8 nitrogen and oxygen atoms in total. The molecule has 12 heteroatoms. The smallest absolute Gasteiger partial charge is 0.481 e. The normalized spacial score (nSPS) is 15.9. The van der Waals surface area contributed by atoms with E-state index in [1.54, 1.807) is 31.2 Å². The fraction of sp³-hybridized carbons (Fsp3) is 0.524. The van der Waals surface area contributed by atoms with Crippen molar-refractivity contribution in [3.63, 3.8) is 0 Å². The number of hydroxylamine groups is 2. The molecule has 0 bridgehead atoms. The van der Waals surface area contributed by atoms with Gasteiger partial charge < -0.3 is 14.3 Å². The van der Waals surface area contributed by atoms with Crippen molar-refractivity contribution in [1.29, 1.82) is 0 Å². The summed E-state index contributed by atoms with van der Waals surface area (Å²) in [5, 5.41) is 4.17. The van der Waals surface area contributed by atoms with E-state index < -0.39 is 43.9 Å². The number of carbonyl (C=O) groups excluding carboxylic acids is 1. The fourth-order valence-corrected chi connectivity index (χ4v) is 4.79. The van der Waals surface area contributed by atoms with Crippen LogP contribution in [0.2, 0.25) is 0 Å². The summed E-state index contributed by atoms with van der Waals surface area (Å²) in [7, 11) is -3.74. The average Bonchev–Trinajstić information content (AvgIpc) is 3.14. The van der Waals surface area contributed by atoms with Crippen molar-refractivity contribution >= 4 is 27.3 Å². The Balaban J connectivity index is 1.54. The van der Waals surface area contributed by atoms with E-state index in [9.17, 15) is 22.0 Å². The molecular weight excluding hydrogens is 478 g/mol. The Kier molecular flexibility index (Phi) is 7.59. The number of hydrogen-bond donors (Lipinski definition) is 0. The maximum Gasteiger partial charge on any atom is 0.528 e. The number of piperidine rings is 1. The molecule has 1 fully saturated rings. The minimum atomic E-state index is -3.74. The second-order valence-corrected chi connectivity index (χ2v) is 11.6. The van der Waals surface area contributed by atoms with Crippen molar-refractivity contribution in [3.05, 3.63) is 39.8 Å². The Morgan fingerprint density at radius 1 is 1.21 bits per heavy atom. The number of rotatable bonds is 6. The van der Waals surface area contributed by atoms with Gasteiger partial charge in [0.2, 0.25) is 0 Å². The number of carbonyl (C=O) groups is 1. The van der Waals surface area contributed by atoms with Crippen molar-refractivity contribution in [2.45, 2.75) is 56.6 Å². The molecule has 0 radical (unpaired) electrons. The predicted molar refractivity (Wildman–Crippen MR) is 117 cm³/mol. The van der Waals surface area contributed by atoms with E-state index in [0.29, 0.717) is 31.6 Å². The molecular formula is C21H26F2N2O6S2. The van der Waals surface area contributed by atoms with Crippen LogP contribution in [0, 0.1) is 11.6 Å². The van der Waals surface area contributed by atoms with Crippen molar-refractivity contribution in [2.24, 2.45) is 0 Å². The molecule has 1 aliphatic rings. The highest BCUT2D eigenvalue weighted by atomic mass is 32.2. The third-order valence-corrected chi connectivity index (χ3v) is 6.88. The van der Waals surface area contributed by atoms with Crippen LogP contribution in [0.1, 0.15) is 50.2 Å². The van der Waals surface area contributed by atoms with Crippen molar-refractivity contribution < 1.29 is 36.3 Å². The Hall–Kier alpha value is -2.31. The van der Waals surface area contributed by atoms with E-state index in [4.69, 9.17) is 14.3 Å². The first kappa shape index (κ1) is 25.3. The third-order valence-electron chi connectivity index (χ3n) is 4.73.